The van der Waals surface area contributed by atoms with Crippen molar-refractivity contribution in [1.29, 1.82) is 0 Å². The Labute approximate surface area is 366 Å². The predicted octanol–water partition coefficient (Wildman–Crippen LogP) is 11.0. The summed E-state index contributed by atoms with van der Waals surface area (Å²) in [5.74, 6) is -70.5. The van der Waals surface area contributed by atoms with E-state index in [4.69, 9.17) is 4.74 Å². The molecule has 350 valence electrons. The summed E-state index contributed by atoms with van der Waals surface area (Å²) in [5, 5.41) is 0. The molecule has 0 aliphatic rings. The van der Waals surface area contributed by atoms with E-state index in [0.717, 1.165) is 5.75 Å². The molecule has 0 aliphatic carbocycles. The van der Waals surface area contributed by atoms with E-state index in [-0.39, 0.29) is 10.9 Å². The molecule has 67 heavy (non-hydrogen) atoms. The Morgan fingerprint density at radius 2 is 0.507 bits per heavy atom. The van der Waals surface area contributed by atoms with Gasteiger partial charge in [0.15, 0.2) is 84.5 Å². The molecular weight excluding hydrogens is 967 g/mol. The second-order valence-corrected chi connectivity index (χ2v) is 15.7. The minimum absolute atomic E-state index is 0.0824. The number of ether oxygens (including phenoxy) is 1. The van der Waals surface area contributed by atoms with Crippen molar-refractivity contribution in [3.05, 3.63) is 201 Å². The SMILES string of the molecule is CCOc1ccc([S+](c2ccccc2)c2ccccc2)cc1.Fc1c(F)c(F)c([B-](c2c(F)c(F)c(F)c(F)c2F)(c2c(F)c(F)c(F)c(F)c2F)c2c(F)c(F)c(F)c(F)c2F)c(F)c1F. The Bertz CT molecular complexity index is 2610. The predicted molar refractivity (Wildman–Crippen MR) is 202 cm³/mol. The molecule has 0 heterocycles. The fourth-order valence-corrected chi connectivity index (χ4v) is 9.32. The van der Waals surface area contributed by atoms with Gasteiger partial charge in [-0.25, -0.2) is 87.8 Å². The van der Waals surface area contributed by atoms with Crippen molar-refractivity contribution < 1.29 is 92.5 Å². The van der Waals surface area contributed by atoms with Crippen molar-refractivity contribution in [2.24, 2.45) is 0 Å². The van der Waals surface area contributed by atoms with Crippen LogP contribution in [0.1, 0.15) is 6.92 Å². The zero-order chi connectivity index (χ0) is 49.6. The summed E-state index contributed by atoms with van der Waals surface area (Å²) in [5.41, 5.74) is -14.3. The normalized spacial score (nSPS) is 11.6. The van der Waals surface area contributed by atoms with E-state index in [1.165, 1.54) is 14.7 Å². The average Bonchev–Trinajstić information content (AvgIpc) is 3.33. The summed E-state index contributed by atoms with van der Waals surface area (Å²) in [6, 6.07) is 29.8. The van der Waals surface area contributed by atoms with Gasteiger partial charge in [-0.2, -0.15) is 0 Å². The quantitative estimate of drug-likeness (QED) is 0.0460. The molecule has 0 spiro atoms. The standard InChI is InChI=1S/C24BF20.C20H19OS/c26-5-1(6(27)14(35)21(42)13(5)34)25(2-7(28)15(36)22(43)16(37)8(2)29,3-9(30)17(38)23(44)18(39)10(3)31)4-11(32)19(40)24(45)20(41)12(4)33;1-2-21-17-13-15-20(16-14-17)22(18-9-5-3-6-10-18)19-11-7-4-8-12-19/h;3-16H,2H2,1H3/q-1;+1. The largest absolute Gasteiger partial charge is 0.494 e. The summed E-state index contributed by atoms with van der Waals surface area (Å²) in [6.45, 7) is 2.70. The van der Waals surface area contributed by atoms with E-state index in [0.29, 0.717) is 6.61 Å². The van der Waals surface area contributed by atoms with Gasteiger partial charge < -0.3 is 4.74 Å². The van der Waals surface area contributed by atoms with E-state index < -0.39 is 144 Å². The highest BCUT2D eigenvalue weighted by Crippen LogP contribution is 2.33. The van der Waals surface area contributed by atoms with Gasteiger partial charge in [0.1, 0.15) is 58.4 Å². The molecular formula is C44H19BF20OS. The molecule has 7 aromatic carbocycles. The van der Waals surface area contributed by atoms with E-state index in [9.17, 15) is 52.7 Å². The van der Waals surface area contributed by atoms with E-state index >= 15 is 35.1 Å². The molecule has 0 saturated carbocycles. The van der Waals surface area contributed by atoms with Crippen LogP contribution in [0.2, 0.25) is 0 Å². The Hall–Kier alpha value is -6.65. The molecule has 1 nitrogen and oxygen atoms in total. The zero-order valence-corrected chi connectivity index (χ0v) is 33.6. The number of hydrogen-bond donors (Lipinski definition) is 0. The minimum atomic E-state index is -7.22. The maximum atomic E-state index is 15.4. The monoisotopic (exact) mass is 986 g/mol. The fourth-order valence-electron chi connectivity index (χ4n) is 7.23. The minimum Gasteiger partial charge on any atom is -0.494 e. The maximum absolute atomic E-state index is 15.4. The third-order valence-electron chi connectivity index (χ3n) is 10.0. The van der Waals surface area contributed by atoms with Crippen LogP contribution in [0.5, 0.6) is 5.75 Å². The molecule has 0 bridgehead atoms. The molecule has 0 aromatic heterocycles. The maximum Gasteiger partial charge on any atom is 0.200 e. The van der Waals surface area contributed by atoms with Gasteiger partial charge in [0.2, 0.25) is 0 Å². The number of rotatable bonds is 9. The van der Waals surface area contributed by atoms with E-state index in [2.05, 4.69) is 84.9 Å². The molecule has 0 N–H and O–H groups in total. The highest BCUT2D eigenvalue weighted by Gasteiger charge is 2.52. The molecule has 7 rings (SSSR count). The molecule has 0 aliphatic heterocycles. The van der Waals surface area contributed by atoms with Gasteiger partial charge in [0, 0.05) is 0 Å². The van der Waals surface area contributed by atoms with Crippen LogP contribution in [0.3, 0.4) is 0 Å². The number of halogens is 20. The first-order valence-corrected chi connectivity index (χ1v) is 19.6. The lowest BCUT2D eigenvalue weighted by Crippen LogP contribution is -2.81. The summed E-state index contributed by atoms with van der Waals surface area (Å²) < 4.78 is 300. The molecule has 0 saturated heterocycles. The third kappa shape index (κ3) is 8.20. The van der Waals surface area contributed by atoms with Crippen molar-refractivity contribution in [1.82, 2.24) is 0 Å². The van der Waals surface area contributed by atoms with Gasteiger partial charge in [-0.3, -0.25) is 0 Å². The number of hydrogen-bond acceptors (Lipinski definition) is 1. The van der Waals surface area contributed by atoms with Crippen LogP contribution in [0.4, 0.5) is 87.8 Å². The van der Waals surface area contributed by atoms with Gasteiger partial charge in [-0.05, 0) is 55.5 Å². The zero-order valence-electron chi connectivity index (χ0n) is 32.7. The van der Waals surface area contributed by atoms with Crippen LogP contribution in [-0.4, -0.2) is 12.8 Å². The van der Waals surface area contributed by atoms with Gasteiger partial charge >= 0.3 is 0 Å². The lowest BCUT2D eigenvalue weighted by atomic mass is 9.12. The molecule has 0 unspecified atom stereocenters. The average molecular weight is 986 g/mol. The second-order valence-electron chi connectivity index (χ2n) is 13.6. The van der Waals surface area contributed by atoms with Crippen molar-refractivity contribution in [2.75, 3.05) is 6.61 Å². The van der Waals surface area contributed by atoms with Crippen LogP contribution in [0.15, 0.2) is 99.6 Å². The van der Waals surface area contributed by atoms with Crippen LogP contribution in [0.25, 0.3) is 0 Å². The molecule has 0 amide bonds. The van der Waals surface area contributed by atoms with Crippen LogP contribution in [-0.2, 0) is 10.9 Å². The number of benzene rings is 7. The fraction of sp³-hybridized carbons (Fsp3) is 0.0455. The first-order valence-electron chi connectivity index (χ1n) is 18.4. The van der Waals surface area contributed by atoms with Gasteiger partial charge in [0.05, 0.1) is 17.5 Å². The summed E-state index contributed by atoms with van der Waals surface area (Å²) >= 11 is 0. The Kier molecular flexibility index (Phi) is 14.3. The second kappa shape index (κ2) is 19.3. The molecule has 23 heteroatoms. The highest BCUT2D eigenvalue weighted by molar-refractivity contribution is 7.97. The van der Waals surface area contributed by atoms with Gasteiger partial charge in [0.25, 0.3) is 0 Å². The lowest BCUT2D eigenvalue weighted by Gasteiger charge is -2.44. The summed E-state index contributed by atoms with van der Waals surface area (Å²) in [7, 11) is -0.0824. The summed E-state index contributed by atoms with van der Waals surface area (Å²) in [4.78, 5) is 3.97. The Morgan fingerprint density at radius 3 is 0.731 bits per heavy atom. The van der Waals surface area contributed by atoms with Gasteiger partial charge in [-0.15, -0.1) is 21.9 Å². The molecule has 0 fully saturated rings. The molecule has 7 aromatic rings. The van der Waals surface area contributed by atoms with Crippen LogP contribution < -0.4 is 26.6 Å². The Balaban J connectivity index is 0.000000279. The van der Waals surface area contributed by atoms with Crippen molar-refractivity contribution in [3.63, 3.8) is 0 Å². The van der Waals surface area contributed by atoms with E-state index in [1.807, 2.05) is 6.92 Å². The lowest BCUT2D eigenvalue weighted by molar-refractivity contribution is 0.340. The molecule has 0 atom stereocenters. The first kappa shape index (κ1) is 49.8. The van der Waals surface area contributed by atoms with Crippen LogP contribution >= 0.6 is 0 Å². The first-order chi connectivity index (χ1) is 31.6. The topological polar surface area (TPSA) is 9.23 Å². The van der Waals surface area contributed by atoms with E-state index in [1.54, 1.807) is 0 Å². The smallest absolute Gasteiger partial charge is 0.200 e. The van der Waals surface area contributed by atoms with Crippen molar-refractivity contribution in [3.8, 4) is 5.75 Å². The third-order valence-corrected chi connectivity index (χ3v) is 12.3. The Morgan fingerprint density at radius 1 is 0.299 bits per heavy atom. The van der Waals surface area contributed by atoms with Gasteiger partial charge in [-0.1, -0.05) is 36.4 Å². The van der Waals surface area contributed by atoms with Crippen molar-refractivity contribution >= 4 is 38.9 Å². The molecule has 0 radical (unpaired) electrons. The highest BCUT2D eigenvalue weighted by atomic mass is 32.2. The van der Waals surface area contributed by atoms with Crippen molar-refractivity contribution in [2.45, 2.75) is 21.6 Å². The van der Waals surface area contributed by atoms with Crippen LogP contribution in [0, 0.1) is 116 Å². The summed E-state index contributed by atoms with van der Waals surface area (Å²) in [6.07, 6.45) is -7.22.